The zero-order chi connectivity index (χ0) is 26.4. The molecule has 14 heteroatoms. The van der Waals surface area contributed by atoms with Crippen molar-refractivity contribution in [2.75, 3.05) is 30.3 Å². The number of fused-ring (bicyclic) bond motifs is 1. The Hall–Kier alpha value is -3.93. The van der Waals surface area contributed by atoms with Gasteiger partial charge in [-0.3, -0.25) is 14.4 Å². The average Bonchev–Trinajstić information content (AvgIpc) is 3.29. The summed E-state index contributed by atoms with van der Waals surface area (Å²) in [5.41, 5.74) is 2.23. The minimum atomic E-state index is -3.45. The third kappa shape index (κ3) is 4.88. The SMILES string of the molecule is CS(=O)(=O)Nc1ccc(-c2cc3ncccc3c(-c3ccn(C4(CC#N)CN(S(C)(=O)=O)C4)n3)n2)cn1. The molecule has 1 fully saturated rings. The Kier molecular flexibility index (Phi) is 5.94. The molecule has 5 rings (SSSR count). The first-order chi connectivity index (χ1) is 17.5. The summed E-state index contributed by atoms with van der Waals surface area (Å²) in [5.74, 6) is 0.190. The lowest BCUT2D eigenvalue weighted by Gasteiger charge is -2.47. The molecule has 0 bridgehead atoms. The lowest BCUT2D eigenvalue weighted by atomic mass is 9.89. The highest BCUT2D eigenvalue weighted by Gasteiger charge is 2.49. The van der Waals surface area contributed by atoms with E-state index in [1.807, 2.05) is 12.1 Å². The van der Waals surface area contributed by atoms with Crippen molar-refractivity contribution in [3.63, 3.8) is 0 Å². The van der Waals surface area contributed by atoms with Crippen LogP contribution >= 0.6 is 0 Å². The van der Waals surface area contributed by atoms with Crippen molar-refractivity contribution in [2.24, 2.45) is 0 Å². The molecule has 5 heterocycles. The van der Waals surface area contributed by atoms with E-state index in [4.69, 9.17) is 10.1 Å². The summed E-state index contributed by atoms with van der Waals surface area (Å²) in [6.45, 7) is 0.325. The molecule has 0 saturated carbocycles. The van der Waals surface area contributed by atoms with Gasteiger partial charge in [0.25, 0.3) is 0 Å². The number of nitriles is 1. The molecular weight excluding hydrogens is 516 g/mol. The number of nitrogens with one attached hydrogen (secondary N) is 1. The summed E-state index contributed by atoms with van der Waals surface area (Å²) in [4.78, 5) is 13.5. The summed E-state index contributed by atoms with van der Waals surface area (Å²) in [5, 5.41) is 14.9. The van der Waals surface area contributed by atoms with Crippen molar-refractivity contribution < 1.29 is 16.8 Å². The lowest BCUT2D eigenvalue weighted by molar-refractivity contribution is 0.0726. The Morgan fingerprint density at radius 2 is 1.86 bits per heavy atom. The second kappa shape index (κ2) is 8.87. The van der Waals surface area contributed by atoms with Crippen molar-refractivity contribution in [3.05, 3.63) is 55.0 Å². The fourth-order valence-corrected chi connectivity index (χ4v) is 5.71. The molecule has 4 aromatic rings. The summed E-state index contributed by atoms with van der Waals surface area (Å²) < 4.78 is 52.1. The third-order valence-corrected chi connectivity index (χ3v) is 7.86. The summed E-state index contributed by atoms with van der Waals surface area (Å²) in [6, 6.07) is 12.7. The maximum atomic E-state index is 11.9. The van der Waals surface area contributed by atoms with Crippen LogP contribution in [0.1, 0.15) is 6.42 Å². The van der Waals surface area contributed by atoms with Gasteiger partial charge in [0.05, 0.1) is 36.2 Å². The van der Waals surface area contributed by atoms with Gasteiger partial charge in [-0.2, -0.15) is 14.7 Å². The number of sulfonamides is 2. The number of anilines is 1. The number of hydrogen-bond acceptors (Lipinski definition) is 9. The van der Waals surface area contributed by atoms with Gasteiger partial charge in [-0.05, 0) is 36.4 Å². The second-order valence-corrected chi connectivity index (χ2v) is 12.7. The van der Waals surface area contributed by atoms with E-state index in [-0.39, 0.29) is 25.3 Å². The highest BCUT2D eigenvalue weighted by Crippen LogP contribution is 2.35. The third-order valence-electron chi connectivity index (χ3n) is 6.08. The summed E-state index contributed by atoms with van der Waals surface area (Å²) in [6.07, 6.45) is 7.22. The van der Waals surface area contributed by atoms with Crippen molar-refractivity contribution >= 4 is 36.8 Å². The zero-order valence-electron chi connectivity index (χ0n) is 19.9. The van der Waals surface area contributed by atoms with E-state index in [1.165, 1.54) is 10.5 Å². The van der Waals surface area contributed by atoms with Gasteiger partial charge in [-0.25, -0.2) is 26.8 Å². The van der Waals surface area contributed by atoms with Crippen LogP contribution < -0.4 is 4.72 Å². The van der Waals surface area contributed by atoms with Crippen molar-refractivity contribution in [1.29, 1.82) is 5.26 Å². The van der Waals surface area contributed by atoms with Gasteiger partial charge in [0.1, 0.15) is 22.7 Å². The normalized spacial score (nSPS) is 15.7. The summed E-state index contributed by atoms with van der Waals surface area (Å²) >= 11 is 0. The lowest BCUT2D eigenvalue weighted by Crippen LogP contribution is -2.63. The van der Waals surface area contributed by atoms with E-state index >= 15 is 0 Å². The molecule has 37 heavy (non-hydrogen) atoms. The topological polar surface area (TPSA) is 164 Å². The molecule has 0 unspecified atom stereocenters. The molecule has 0 aliphatic carbocycles. The fraction of sp³-hybridized carbons (Fsp3) is 0.261. The molecule has 1 N–H and O–H groups in total. The molecule has 0 amide bonds. The maximum absolute atomic E-state index is 11.9. The van der Waals surface area contributed by atoms with Crippen LogP contribution in [0.15, 0.2) is 55.0 Å². The number of pyridine rings is 3. The Morgan fingerprint density at radius 1 is 1.08 bits per heavy atom. The quantitative estimate of drug-likeness (QED) is 0.369. The van der Waals surface area contributed by atoms with Crippen molar-refractivity contribution in [2.45, 2.75) is 12.0 Å². The molecule has 1 aliphatic heterocycles. The number of hydrogen-bond donors (Lipinski definition) is 1. The monoisotopic (exact) mass is 538 g/mol. The van der Waals surface area contributed by atoms with Gasteiger partial charge in [0.2, 0.25) is 20.0 Å². The van der Waals surface area contributed by atoms with Crippen LogP contribution in [0.3, 0.4) is 0 Å². The number of rotatable bonds is 7. The molecule has 0 aromatic carbocycles. The first-order valence-electron chi connectivity index (χ1n) is 11.1. The smallest absolute Gasteiger partial charge is 0.230 e. The van der Waals surface area contributed by atoms with E-state index in [1.54, 1.807) is 41.3 Å². The molecule has 0 atom stereocenters. The molecule has 4 aromatic heterocycles. The van der Waals surface area contributed by atoms with E-state index in [2.05, 4.69) is 20.8 Å². The minimum Gasteiger partial charge on any atom is -0.268 e. The predicted molar refractivity (Wildman–Crippen MR) is 137 cm³/mol. The first-order valence-corrected chi connectivity index (χ1v) is 14.8. The van der Waals surface area contributed by atoms with Crippen LogP contribution in [0.25, 0.3) is 33.5 Å². The van der Waals surface area contributed by atoms with Gasteiger partial charge in [0, 0.05) is 42.6 Å². The Bertz CT molecular complexity index is 1750. The second-order valence-electron chi connectivity index (χ2n) is 8.97. The number of aromatic nitrogens is 5. The molecule has 1 saturated heterocycles. The zero-order valence-corrected chi connectivity index (χ0v) is 21.5. The van der Waals surface area contributed by atoms with E-state index in [0.29, 0.717) is 28.2 Å². The summed E-state index contributed by atoms with van der Waals surface area (Å²) in [7, 11) is -6.82. The highest BCUT2D eigenvalue weighted by atomic mass is 32.2. The Morgan fingerprint density at radius 3 is 2.51 bits per heavy atom. The molecule has 190 valence electrons. The molecular formula is C23H22N8O4S2. The van der Waals surface area contributed by atoms with Gasteiger partial charge in [0.15, 0.2) is 0 Å². The standard InChI is InChI=1S/C23H22N8O4S2/c1-36(32,33)29-21-6-5-16(13-26-21)19-12-20-17(4-3-10-25-20)22(27-19)18-7-11-31(28-18)23(8-9-24)14-30(15-23)37(2,34)35/h3-7,10-13H,8,14-15H2,1-2H3,(H,26,29). The van der Waals surface area contributed by atoms with Crippen LogP contribution in [0.5, 0.6) is 0 Å². The maximum Gasteiger partial charge on any atom is 0.230 e. The van der Waals surface area contributed by atoms with E-state index in [0.717, 1.165) is 17.9 Å². The minimum absolute atomic E-state index is 0.107. The predicted octanol–water partition coefficient (Wildman–Crippen LogP) is 1.81. The van der Waals surface area contributed by atoms with Gasteiger partial charge in [-0.15, -0.1) is 0 Å². The largest absolute Gasteiger partial charge is 0.268 e. The van der Waals surface area contributed by atoms with Gasteiger partial charge in [-0.1, -0.05) is 0 Å². The van der Waals surface area contributed by atoms with Gasteiger partial charge >= 0.3 is 0 Å². The van der Waals surface area contributed by atoms with E-state index in [9.17, 15) is 22.1 Å². The molecule has 1 aliphatic rings. The molecule has 0 spiro atoms. The molecule has 0 radical (unpaired) electrons. The molecule has 12 nitrogen and oxygen atoms in total. The highest BCUT2D eigenvalue weighted by molar-refractivity contribution is 7.92. The van der Waals surface area contributed by atoms with E-state index < -0.39 is 25.6 Å². The van der Waals surface area contributed by atoms with Crippen LogP contribution in [-0.4, -0.2) is 71.5 Å². The Balaban J connectivity index is 1.55. The van der Waals surface area contributed by atoms with Crippen molar-refractivity contribution in [3.8, 4) is 28.7 Å². The van der Waals surface area contributed by atoms with Crippen LogP contribution in [0.2, 0.25) is 0 Å². The van der Waals surface area contributed by atoms with Crippen molar-refractivity contribution in [1.82, 2.24) is 29.0 Å². The number of nitrogens with zero attached hydrogens (tertiary/aromatic N) is 7. The van der Waals surface area contributed by atoms with Crippen LogP contribution in [0, 0.1) is 11.3 Å². The Labute approximate surface area is 213 Å². The van der Waals surface area contributed by atoms with Gasteiger partial charge < -0.3 is 0 Å². The van der Waals surface area contributed by atoms with Crippen LogP contribution in [0.4, 0.5) is 5.82 Å². The fourth-order valence-electron chi connectivity index (χ4n) is 4.26. The first kappa shape index (κ1) is 24.8. The average molecular weight is 539 g/mol. The van der Waals surface area contributed by atoms with Crippen LogP contribution in [-0.2, 0) is 25.6 Å².